The third kappa shape index (κ3) is 1.44. The summed E-state index contributed by atoms with van der Waals surface area (Å²) in [6, 6.07) is 4.55. The van der Waals surface area contributed by atoms with Crippen molar-refractivity contribution in [3.05, 3.63) is 34.7 Å². The van der Waals surface area contributed by atoms with Crippen molar-refractivity contribution in [2.24, 2.45) is 0 Å². The van der Waals surface area contributed by atoms with Crippen LogP contribution in [0.15, 0.2) is 29.2 Å². The van der Waals surface area contributed by atoms with Crippen molar-refractivity contribution in [1.82, 2.24) is 15.0 Å². The van der Waals surface area contributed by atoms with Gasteiger partial charge in [-0.2, -0.15) is 4.98 Å². The van der Waals surface area contributed by atoms with E-state index in [1.807, 2.05) is 0 Å². The van der Waals surface area contributed by atoms with E-state index in [1.165, 1.54) is 0 Å². The highest BCUT2D eigenvalue weighted by Gasteiger charge is 2.02. The minimum absolute atomic E-state index is 0.284. The molecular formula is C8H7N3O2. The number of hydrogen-bond donors (Lipinski definition) is 3. The first kappa shape index (κ1) is 7.60. The summed E-state index contributed by atoms with van der Waals surface area (Å²) in [6.45, 7) is 0. The van der Waals surface area contributed by atoms with E-state index in [4.69, 9.17) is 5.11 Å². The summed E-state index contributed by atoms with van der Waals surface area (Å²) in [5.41, 5.74) is 0.283. The maximum atomic E-state index is 10.9. The van der Waals surface area contributed by atoms with Gasteiger partial charge in [0.25, 0.3) is 5.56 Å². The molecule has 2 heterocycles. The van der Waals surface area contributed by atoms with Crippen LogP contribution in [-0.4, -0.2) is 20.1 Å². The van der Waals surface area contributed by atoms with Gasteiger partial charge in [0.1, 0.15) is 0 Å². The molecule has 2 aromatic heterocycles. The minimum Gasteiger partial charge on any atom is -0.493 e. The van der Waals surface area contributed by atoms with Crippen LogP contribution in [0.2, 0.25) is 0 Å². The van der Waals surface area contributed by atoms with Crippen molar-refractivity contribution in [3.63, 3.8) is 0 Å². The highest BCUT2D eigenvalue weighted by molar-refractivity contribution is 5.49. The van der Waals surface area contributed by atoms with E-state index in [2.05, 4.69) is 15.0 Å². The SMILES string of the molecule is O=c1cc(O)nc(-c2ccc[nH]2)[nH]1. The third-order valence-electron chi connectivity index (χ3n) is 1.58. The van der Waals surface area contributed by atoms with Gasteiger partial charge in [0, 0.05) is 6.20 Å². The summed E-state index contributed by atoms with van der Waals surface area (Å²) >= 11 is 0. The first-order chi connectivity index (χ1) is 6.25. The van der Waals surface area contributed by atoms with E-state index in [0.717, 1.165) is 6.07 Å². The minimum atomic E-state index is -0.378. The van der Waals surface area contributed by atoms with Crippen LogP contribution in [0, 0.1) is 0 Å². The van der Waals surface area contributed by atoms with Crippen molar-refractivity contribution < 1.29 is 5.11 Å². The quantitative estimate of drug-likeness (QED) is 0.592. The number of aromatic hydroxyl groups is 1. The Kier molecular flexibility index (Phi) is 1.63. The molecule has 13 heavy (non-hydrogen) atoms. The molecule has 0 atom stereocenters. The Morgan fingerprint density at radius 2 is 2.31 bits per heavy atom. The van der Waals surface area contributed by atoms with Gasteiger partial charge in [-0.05, 0) is 12.1 Å². The van der Waals surface area contributed by atoms with Crippen molar-refractivity contribution >= 4 is 0 Å². The molecule has 2 rings (SSSR count). The molecule has 5 heteroatoms. The summed E-state index contributed by atoms with van der Waals surface area (Å²) in [6.07, 6.45) is 1.71. The largest absolute Gasteiger partial charge is 0.493 e. The lowest BCUT2D eigenvalue weighted by Gasteiger charge is -1.96. The number of H-pyrrole nitrogens is 2. The van der Waals surface area contributed by atoms with Crippen LogP contribution in [0.1, 0.15) is 0 Å². The maximum Gasteiger partial charge on any atom is 0.255 e. The number of aromatic nitrogens is 3. The molecule has 0 fully saturated rings. The van der Waals surface area contributed by atoms with Gasteiger partial charge >= 0.3 is 0 Å². The predicted octanol–water partition coefficient (Wildman–Crippen LogP) is 0.471. The lowest BCUT2D eigenvalue weighted by atomic mass is 10.4. The highest BCUT2D eigenvalue weighted by atomic mass is 16.3. The van der Waals surface area contributed by atoms with Gasteiger partial charge in [0.05, 0.1) is 11.8 Å². The second-order valence-corrected chi connectivity index (χ2v) is 2.54. The van der Waals surface area contributed by atoms with Crippen LogP contribution in [0.25, 0.3) is 11.5 Å². The number of hydrogen-bond acceptors (Lipinski definition) is 3. The average Bonchev–Trinajstić information content (AvgIpc) is 2.53. The zero-order valence-corrected chi connectivity index (χ0v) is 6.61. The molecule has 0 bridgehead atoms. The Morgan fingerprint density at radius 1 is 1.46 bits per heavy atom. The van der Waals surface area contributed by atoms with Crippen LogP contribution in [-0.2, 0) is 0 Å². The molecule has 2 aromatic rings. The smallest absolute Gasteiger partial charge is 0.255 e. The molecule has 0 aliphatic rings. The Labute approximate surface area is 73.1 Å². The lowest BCUT2D eigenvalue weighted by molar-refractivity contribution is 0.452. The molecule has 0 saturated heterocycles. The maximum absolute atomic E-state index is 10.9. The number of aromatic amines is 2. The van der Waals surface area contributed by atoms with Crippen LogP contribution in [0.4, 0.5) is 0 Å². The second-order valence-electron chi connectivity index (χ2n) is 2.54. The Hall–Kier alpha value is -2.04. The van der Waals surface area contributed by atoms with Gasteiger partial charge in [0.15, 0.2) is 5.82 Å². The molecule has 0 radical (unpaired) electrons. The summed E-state index contributed by atoms with van der Waals surface area (Å²) < 4.78 is 0. The Balaban J connectivity index is 2.59. The van der Waals surface area contributed by atoms with Crippen molar-refractivity contribution in [2.75, 3.05) is 0 Å². The fourth-order valence-corrected chi connectivity index (χ4v) is 1.05. The number of nitrogens with one attached hydrogen (secondary N) is 2. The standard InChI is InChI=1S/C8H7N3O2/c12-6-4-7(13)11-8(10-6)5-2-1-3-9-5/h1-4,9H,(H2,10,11,12,13). The van der Waals surface area contributed by atoms with Crippen LogP contribution in [0.5, 0.6) is 5.88 Å². The van der Waals surface area contributed by atoms with Gasteiger partial charge in [-0.25, -0.2) is 0 Å². The molecule has 0 aliphatic heterocycles. The summed E-state index contributed by atoms with van der Waals surface area (Å²) in [5, 5.41) is 9.05. The van der Waals surface area contributed by atoms with Crippen molar-refractivity contribution in [3.8, 4) is 17.4 Å². The number of nitrogens with zero attached hydrogens (tertiary/aromatic N) is 1. The van der Waals surface area contributed by atoms with E-state index < -0.39 is 0 Å². The van der Waals surface area contributed by atoms with Gasteiger partial charge < -0.3 is 15.1 Å². The zero-order valence-electron chi connectivity index (χ0n) is 6.61. The second kappa shape index (κ2) is 2.78. The molecular weight excluding hydrogens is 170 g/mol. The molecule has 0 amide bonds. The normalized spacial score (nSPS) is 10.2. The highest BCUT2D eigenvalue weighted by Crippen LogP contribution is 2.11. The molecule has 0 saturated carbocycles. The van der Waals surface area contributed by atoms with Crippen molar-refractivity contribution in [2.45, 2.75) is 0 Å². The van der Waals surface area contributed by atoms with E-state index in [0.29, 0.717) is 11.5 Å². The Bertz CT molecular complexity index is 458. The van der Waals surface area contributed by atoms with Gasteiger partial charge in [0.2, 0.25) is 5.88 Å². The monoisotopic (exact) mass is 177 g/mol. The van der Waals surface area contributed by atoms with E-state index in [-0.39, 0.29) is 11.4 Å². The summed E-state index contributed by atoms with van der Waals surface area (Å²) in [4.78, 5) is 20.0. The summed E-state index contributed by atoms with van der Waals surface area (Å²) in [5.74, 6) is 0.0448. The fraction of sp³-hybridized carbons (Fsp3) is 0. The van der Waals surface area contributed by atoms with E-state index in [1.54, 1.807) is 18.3 Å². The molecule has 66 valence electrons. The van der Waals surface area contributed by atoms with Gasteiger partial charge in [-0.3, -0.25) is 4.79 Å². The predicted molar refractivity (Wildman–Crippen MR) is 46.3 cm³/mol. The zero-order chi connectivity index (χ0) is 9.26. The third-order valence-corrected chi connectivity index (χ3v) is 1.58. The Morgan fingerprint density at radius 3 is 2.92 bits per heavy atom. The van der Waals surface area contributed by atoms with E-state index >= 15 is 0 Å². The van der Waals surface area contributed by atoms with Gasteiger partial charge in [-0.1, -0.05) is 0 Å². The van der Waals surface area contributed by atoms with Crippen molar-refractivity contribution in [1.29, 1.82) is 0 Å². The topological polar surface area (TPSA) is 81.8 Å². The van der Waals surface area contributed by atoms with E-state index in [9.17, 15) is 4.79 Å². The van der Waals surface area contributed by atoms with Crippen LogP contribution < -0.4 is 5.56 Å². The number of rotatable bonds is 1. The lowest BCUT2D eigenvalue weighted by Crippen LogP contribution is -2.06. The molecule has 0 aromatic carbocycles. The molecule has 3 N–H and O–H groups in total. The fourth-order valence-electron chi connectivity index (χ4n) is 1.05. The molecule has 0 unspecified atom stereocenters. The first-order valence-corrected chi connectivity index (χ1v) is 3.70. The molecule has 5 nitrogen and oxygen atoms in total. The summed E-state index contributed by atoms with van der Waals surface area (Å²) in [7, 11) is 0. The first-order valence-electron chi connectivity index (χ1n) is 3.70. The average molecular weight is 177 g/mol. The van der Waals surface area contributed by atoms with Crippen LogP contribution >= 0.6 is 0 Å². The molecule has 0 aliphatic carbocycles. The molecule has 0 spiro atoms. The van der Waals surface area contributed by atoms with Gasteiger partial charge in [-0.15, -0.1) is 0 Å². The van der Waals surface area contributed by atoms with Crippen LogP contribution in [0.3, 0.4) is 0 Å².